The summed E-state index contributed by atoms with van der Waals surface area (Å²) in [5, 5.41) is 1.39. The standard InChI is InChI=1S/C24H15Cl3N4O2/c1-33-18-4-2-3-17(12-18)30-13-28-21-23(30)29-22(19-10-7-15(26)11-20(19)27)31(24(21)32)16-8-5-14(25)6-9-16/h2-13H,1H3. The first kappa shape index (κ1) is 21.5. The fourth-order valence-electron chi connectivity index (χ4n) is 3.58. The number of rotatable bonds is 4. The molecular weight excluding hydrogens is 483 g/mol. The Morgan fingerprint density at radius 3 is 2.36 bits per heavy atom. The van der Waals surface area contributed by atoms with Crippen molar-refractivity contribution in [2.45, 2.75) is 0 Å². The number of benzene rings is 3. The Morgan fingerprint density at radius 1 is 0.879 bits per heavy atom. The van der Waals surface area contributed by atoms with Crippen molar-refractivity contribution in [2.75, 3.05) is 7.11 Å². The molecule has 5 rings (SSSR count). The van der Waals surface area contributed by atoms with Crippen LogP contribution in [0.15, 0.2) is 77.9 Å². The third kappa shape index (κ3) is 3.86. The van der Waals surface area contributed by atoms with Gasteiger partial charge < -0.3 is 4.74 Å². The van der Waals surface area contributed by atoms with Crippen molar-refractivity contribution >= 4 is 46.0 Å². The van der Waals surface area contributed by atoms with Gasteiger partial charge in [-0.3, -0.25) is 13.9 Å². The summed E-state index contributed by atoms with van der Waals surface area (Å²) in [6.07, 6.45) is 1.56. The summed E-state index contributed by atoms with van der Waals surface area (Å²) in [6.45, 7) is 0. The van der Waals surface area contributed by atoms with Gasteiger partial charge in [0.15, 0.2) is 17.0 Å². The van der Waals surface area contributed by atoms with E-state index < -0.39 is 0 Å². The van der Waals surface area contributed by atoms with Gasteiger partial charge in [0.2, 0.25) is 0 Å². The van der Waals surface area contributed by atoms with Gasteiger partial charge in [-0.15, -0.1) is 0 Å². The van der Waals surface area contributed by atoms with Gasteiger partial charge in [0.1, 0.15) is 12.1 Å². The summed E-state index contributed by atoms with van der Waals surface area (Å²) in [7, 11) is 1.59. The fourth-order valence-corrected chi connectivity index (χ4v) is 4.20. The average Bonchev–Trinajstić information content (AvgIpc) is 3.24. The van der Waals surface area contributed by atoms with E-state index in [0.29, 0.717) is 43.5 Å². The molecule has 6 nitrogen and oxygen atoms in total. The lowest BCUT2D eigenvalue weighted by Crippen LogP contribution is -2.22. The van der Waals surface area contributed by atoms with Crippen molar-refractivity contribution in [3.63, 3.8) is 0 Å². The van der Waals surface area contributed by atoms with Gasteiger partial charge in [0, 0.05) is 21.7 Å². The number of hydrogen-bond donors (Lipinski definition) is 0. The Balaban J connectivity index is 1.85. The number of imidazole rings is 1. The van der Waals surface area contributed by atoms with Crippen molar-refractivity contribution in [3.05, 3.63) is 98.5 Å². The lowest BCUT2D eigenvalue weighted by Gasteiger charge is -2.14. The molecule has 0 N–H and O–H groups in total. The Kier molecular flexibility index (Phi) is 5.58. The average molecular weight is 498 g/mol. The summed E-state index contributed by atoms with van der Waals surface area (Å²) in [4.78, 5) is 22.9. The van der Waals surface area contributed by atoms with E-state index in [2.05, 4.69) is 4.98 Å². The first-order chi connectivity index (χ1) is 16.0. The van der Waals surface area contributed by atoms with Gasteiger partial charge in [-0.25, -0.2) is 9.97 Å². The zero-order chi connectivity index (χ0) is 23.1. The lowest BCUT2D eigenvalue weighted by molar-refractivity contribution is 0.414. The van der Waals surface area contributed by atoms with Gasteiger partial charge in [0.25, 0.3) is 5.56 Å². The van der Waals surface area contributed by atoms with Crippen molar-refractivity contribution in [3.8, 4) is 28.5 Å². The van der Waals surface area contributed by atoms with E-state index in [-0.39, 0.29) is 11.1 Å². The molecule has 0 bridgehead atoms. The van der Waals surface area contributed by atoms with Crippen molar-refractivity contribution in [1.82, 2.24) is 19.1 Å². The third-order valence-electron chi connectivity index (χ3n) is 5.16. The molecule has 0 aliphatic carbocycles. The molecule has 9 heteroatoms. The van der Waals surface area contributed by atoms with Crippen molar-refractivity contribution in [2.24, 2.45) is 0 Å². The van der Waals surface area contributed by atoms with Crippen molar-refractivity contribution < 1.29 is 4.74 Å². The fraction of sp³-hybridized carbons (Fsp3) is 0.0417. The van der Waals surface area contributed by atoms with Gasteiger partial charge >= 0.3 is 0 Å². The third-order valence-corrected chi connectivity index (χ3v) is 5.96. The molecule has 0 aliphatic heterocycles. The van der Waals surface area contributed by atoms with Gasteiger partial charge in [-0.1, -0.05) is 40.9 Å². The van der Waals surface area contributed by atoms with Gasteiger partial charge in [0.05, 0.1) is 23.5 Å². The summed E-state index contributed by atoms with van der Waals surface area (Å²) in [5.41, 5.74) is 2.14. The van der Waals surface area contributed by atoms with Crippen LogP contribution in [0.1, 0.15) is 0 Å². The number of nitrogens with zero attached hydrogens (tertiary/aromatic N) is 4. The molecule has 0 aliphatic rings. The molecule has 0 unspecified atom stereocenters. The second-order valence-electron chi connectivity index (χ2n) is 7.16. The maximum atomic E-state index is 13.7. The molecule has 2 aromatic heterocycles. The molecule has 5 aromatic rings. The highest BCUT2D eigenvalue weighted by Crippen LogP contribution is 2.31. The molecule has 0 atom stereocenters. The van der Waals surface area contributed by atoms with E-state index in [1.54, 1.807) is 60.5 Å². The monoisotopic (exact) mass is 496 g/mol. The molecule has 33 heavy (non-hydrogen) atoms. The number of aromatic nitrogens is 4. The first-order valence-electron chi connectivity index (χ1n) is 9.82. The zero-order valence-electron chi connectivity index (χ0n) is 17.2. The van der Waals surface area contributed by atoms with Crippen LogP contribution in [-0.2, 0) is 0 Å². The van der Waals surface area contributed by atoms with Crippen LogP contribution < -0.4 is 10.3 Å². The molecule has 2 heterocycles. The van der Waals surface area contributed by atoms with Crippen LogP contribution in [0.2, 0.25) is 15.1 Å². The predicted octanol–water partition coefficient (Wildman–Crippen LogP) is 6.21. The quantitative estimate of drug-likeness (QED) is 0.296. The van der Waals surface area contributed by atoms with Gasteiger partial charge in [-0.05, 0) is 54.6 Å². The normalized spacial score (nSPS) is 11.2. The zero-order valence-corrected chi connectivity index (χ0v) is 19.4. The molecule has 0 saturated heterocycles. The van der Waals surface area contributed by atoms with E-state index >= 15 is 0 Å². The second kappa shape index (κ2) is 8.56. The largest absolute Gasteiger partial charge is 0.497 e. The van der Waals surface area contributed by atoms with Crippen LogP contribution in [-0.4, -0.2) is 26.2 Å². The summed E-state index contributed by atoms with van der Waals surface area (Å²) < 4.78 is 8.54. The van der Waals surface area contributed by atoms with E-state index in [9.17, 15) is 4.79 Å². The van der Waals surface area contributed by atoms with Gasteiger partial charge in [-0.2, -0.15) is 0 Å². The number of fused-ring (bicyclic) bond motifs is 1. The number of ether oxygens (including phenoxy) is 1. The molecule has 3 aromatic carbocycles. The maximum absolute atomic E-state index is 13.7. The lowest BCUT2D eigenvalue weighted by atomic mass is 10.2. The Bertz CT molecular complexity index is 1560. The minimum Gasteiger partial charge on any atom is -0.497 e. The van der Waals surface area contributed by atoms with E-state index in [1.807, 2.05) is 24.3 Å². The molecule has 0 fully saturated rings. The highest BCUT2D eigenvalue weighted by Gasteiger charge is 2.20. The first-order valence-corrected chi connectivity index (χ1v) is 11.0. The Labute approximate surface area is 203 Å². The minimum absolute atomic E-state index is 0.210. The molecule has 0 radical (unpaired) electrons. The highest BCUT2D eigenvalue weighted by molar-refractivity contribution is 6.36. The van der Waals surface area contributed by atoms with E-state index in [1.165, 1.54) is 4.57 Å². The number of methoxy groups -OCH3 is 1. The SMILES string of the molecule is COc1cccc(-n2cnc3c(=O)n(-c4ccc(Cl)cc4)c(-c4ccc(Cl)cc4Cl)nc32)c1. The van der Waals surface area contributed by atoms with E-state index in [4.69, 9.17) is 44.5 Å². The minimum atomic E-state index is -0.343. The van der Waals surface area contributed by atoms with Crippen LogP contribution in [0.4, 0.5) is 0 Å². The smallest absolute Gasteiger partial charge is 0.286 e. The number of hydrogen-bond acceptors (Lipinski definition) is 4. The molecule has 0 saturated carbocycles. The summed E-state index contributed by atoms with van der Waals surface area (Å²) >= 11 is 18.7. The molecular formula is C24H15Cl3N4O2. The molecule has 0 amide bonds. The predicted molar refractivity (Wildman–Crippen MR) is 131 cm³/mol. The molecule has 0 spiro atoms. The Hall–Kier alpha value is -3.32. The van der Waals surface area contributed by atoms with Crippen LogP contribution in [0.25, 0.3) is 33.9 Å². The molecule has 164 valence electrons. The van der Waals surface area contributed by atoms with Crippen LogP contribution >= 0.6 is 34.8 Å². The maximum Gasteiger partial charge on any atom is 0.286 e. The highest BCUT2D eigenvalue weighted by atomic mass is 35.5. The van der Waals surface area contributed by atoms with Crippen LogP contribution in [0.5, 0.6) is 5.75 Å². The van der Waals surface area contributed by atoms with Crippen LogP contribution in [0, 0.1) is 0 Å². The summed E-state index contributed by atoms with van der Waals surface area (Å²) in [5.74, 6) is 1.02. The number of halogens is 3. The topological polar surface area (TPSA) is 61.9 Å². The van der Waals surface area contributed by atoms with Crippen LogP contribution in [0.3, 0.4) is 0 Å². The second-order valence-corrected chi connectivity index (χ2v) is 8.44. The Morgan fingerprint density at radius 2 is 1.64 bits per heavy atom. The van der Waals surface area contributed by atoms with Crippen molar-refractivity contribution in [1.29, 1.82) is 0 Å². The summed E-state index contributed by atoms with van der Waals surface area (Å²) in [6, 6.07) is 19.3. The van der Waals surface area contributed by atoms with E-state index in [0.717, 1.165) is 5.69 Å².